The number of rotatable bonds is 3. The van der Waals surface area contributed by atoms with Crippen LogP contribution in [-0.4, -0.2) is 16.3 Å². The van der Waals surface area contributed by atoms with E-state index in [0.29, 0.717) is 6.42 Å². The third-order valence-corrected chi connectivity index (χ3v) is 2.75. The number of carboxylic acid groups (broad SMARTS) is 1. The van der Waals surface area contributed by atoms with Crippen molar-refractivity contribution in [3.05, 3.63) is 33.4 Å². The normalized spacial score (nSPS) is 12.5. The highest BCUT2D eigenvalue weighted by molar-refractivity contribution is 14.1. The molecule has 0 heterocycles. The zero-order valence-corrected chi connectivity index (χ0v) is 9.83. The zero-order valence-electron chi connectivity index (χ0n) is 6.77. The van der Waals surface area contributed by atoms with Crippen LogP contribution < -0.4 is 0 Å². The molecule has 0 saturated heterocycles. The fraction of sp³-hybridized carbons (Fsp3) is 0.222. The molecule has 2 nitrogen and oxygen atoms in total. The van der Waals surface area contributed by atoms with Crippen LogP contribution in [0.3, 0.4) is 0 Å². The SMILES string of the molecule is O=C(O)C(S)Cc1ccc(I)cc1. The number of halogens is 1. The summed E-state index contributed by atoms with van der Waals surface area (Å²) in [7, 11) is 0. The van der Waals surface area contributed by atoms with Gasteiger partial charge in [0.1, 0.15) is 5.25 Å². The van der Waals surface area contributed by atoms with Gasteiger partial charge < -0.3 is 5.11 Å². The monoisotopic (exact) mass is 308 g/mol. The lowest BCUT2D eigenvalue weighted by Crippen LogP contribution is -2.15. The van der Waals surface area contributed by atoms with Crippen molar-refractivity contribution in [2.24, 2.45) is 0 Å². The van der Waals surface area contributed by atoms with Gasteiger partial charge >= 0.3 is 5.97 Å². The first-order valence-corrected chi connectivity index (χ1v) is 5.34. The topological polar surface area (TPSA) is 37.3 Å². The Morgan fingerprint density at radius 3 is 2.46 bits per heavy atom. The molecule has 1 atom stereocenters. The molecule has 1 N–H and O–H groups in total. The molecule has 0 saturated carbocycles. The molecule has 0 aromatic heterocycles. The Labute approximate surface area is 95.9 Å². The van der Waals surface area contributed by atoms with Crippen LogP contribution in [0.2, 0.25) is 0 Å². The molecular formula is C9H9IO2S. The first-order valence-electron chi connectivity index (χ1n) is 3.75. The van der Waals surface area contributed by atoms with Crippen molar-refractivity contribution in [3.63, 3.8) is 0 Å². The minimum Gasteiger partial charge on any atom is -0.480 e. The molecule has 0 fully saturated rings. The van der Waals surface area contributed by atoms with Gasteiger partial charge in [0.05, 0.1) is 0 Å². The summed E-state index contributed by atoms with van der Waals surface area (Å²) in [6.45, 7) is 0. The molecule has 0 amide bonds. The Balaban J connectivity index is 2.64. The Bertz CT molecular complexity index is 297. The van der Waals surface area contributed by atoms with Crippen LogP contribution >= 0.6 is 35.2 Å². The summed E-state index contributed by atoms with van der Waals surface area (Å²) in [5.74, 6) is -0.873. The number of carboxylic acids is 1. The molecule has 4 heteroatoms. The maximum atomic E-state index is 10.5. The van der Waals surface area contributed by atoms with Crippen LogP contribution in [0.15, 0.2) is 24.3 Å². The average Bonchev–Trinajstić information content (AvgIpc) is 2.08. The Kier molecular flexibility index (Phi) is 4.05. The van der Waals surface area contributed by atoms with Crippen molar-refractivity contribution in [2.45, 2.75) is 11.7 Å². The van der Waals surface area contributed by atoms with E-state index in [-0.39, 0.29) is 0 Å². The zero-order chi connectivity index (χ0) is 9.84. The number of aliphatic carboxylic acids is 1. The second-order valence-corrected chi connectivity index (χ2v) is 4.55. The lowest BCUT2D eigenvalue weighted by Gasteiger charge is -2.04. The molecule has 70 valence electrons. The van der Waals surface area contributed by atoms with Gasteiger partial charge in [0, 0.05) is 3.57 Å². The van der Waals surface area contributed by atoms with E-state index in [9.17, 15) is 4.79 Å². The molecule has 0 bridgehead atoms. The van der Waals surface area contributed by atoms with Gasteiger partial charge in [-0.2, -0.15) is 12.6 Å². The first-order chi connectivity index (χ1) is 6.09. The van der Waals surface area contributed by atoms with Crippen molar-refractivity contribution in [3.8, 4) is 0 Å². The summed E-state index contributed by atoms with van der Waals surface area (Å²) < 4.78 is 1.15. The minimum absolute atomic E-state index is 0.468. The third kappa shape index (κ3) is 3.56. The smallest absolute Gasteiger partial charge is 0.316 e. The maximum absolute atomic E-state index is 10.5. The van der Waals surface area contributed by atoms with Crippen LogP contribution in [-0.2, 0) is 11.2 Å². The van der Waals surface area contributed by atoms with E-state index in [2.05, 4.69) is 35.2 Å². The van der Waals surface area contributed by atoms with E-state index in [1.165, 1.54) is 0 Å². The van der Waals surface area contributed by atoms with E-state index in [1.807, 2.05) is 24.3 Å². The molecular weight excluding hydrogens is 299 g/mol. The average molecular weight is 308 g/mol. The Morgan fingerprint density at radius 1 is 1.46 bits per heavy atom. The van der Waals surface area contributed by atoms with Crippen LogP contribution in [0.4, 0.5) is 0 Å². The predicted octanol–water partition coefficient (Wildman–Crippen LogP) is 2.22. The first kappa shape index (κ1) is 10.8. The molecule has 1 rings (SSSR count). The molecule has 1 aromatic rings. The van der Waals surface area contributed by atoms with Crippen molar-refractivity contribution in [1.82, 2.24) is 0 Å². The standard InChI is InChI=1S/C9H9IO2S/c10-7-3-1-6(2-4-7)5-8(13)9(11)12/h1-4,8,13H,5H2,(H,11,12). The van der Waals surface area contributed by atoms with E-state index >= 15 is 0 Å². The van der Waals surface area contributed by atoms with E-state index < -0.39 is 11.2 Å². The van der Waals surface area contributed by atoms with Crippen molar-refractivity contribution in [2.75, 3.05) is 0 Å². The van der Waals surface area contributed by atoms with Gasteiger partial charge in [0.15, 0.2) is 0 Å². The Hall–Kier alpha value is -0.230. The van der Waals surface area contributed by atoms with E-state index in [4.69, 9.17) is 5.11 Å². The molecule has 0 aliphatic heterocycles. The van der Waals surface area contributed by atoms with Crippen LogP contribution in [0.25, 0.3) is 0 Å². The lowest BCUT2D eigenvalue weighted by atomic mass is 10.1. The second-order valence-electron chi connectivity index (χ2n) is 2.68. The van der Waals surface area contributed by atoms with Crippen molar-refractivity contribution in [1.29, 1.82) is 0 Å². The number of hydrogen-bond donors (Lipinski definition) is 2. The quantitative estimate of drug-likeness (QED) is 0.664. The van der Waals surface area contributed by atoms with Crippen LogP contribution in [0, 0.1) is 3.57 Å². The van der Waals surface area contributed by atoms with Crippen molar-refractivity contribution < 1.29 is 9.90 Å². The predicted molar refractivity (Wildman–Crippen MR) is 63.3 cm³/mol. The van der Waals surface area contributed by atoms with Crippen LogP contribution in [0.1, 0.15) is 5.56 Å². The second kappa shape index (κ2) is 4.85. The molecule has 0 aliphatic carbocycles. The minimum atomic E-state index is -0.873. The fourth-order valence-corrected chi connectivity index (χ4v) is 1.50. The van der Waals surface area contributed by atoms with Gasteiger partial charge in [-0.25, -0.2) is 0 Å². The van der Waals surface area contributed by atoms with Gasteiger partial charge in [-0.1, -0.05) is 12.1 Å². The fourth-order valence-electron chi connectivity index (χ4n) is 0.931. The molecule has 13 heavy (non-hydrogen) atoms. The molecule has 0 aliphatic rings. The largest absolute Gasteiger partial charge is 0.480 e. The summed E-state index contributed by atoms with van der Waals surface area (Å²) >= 11 is 6.17. The Morgan fingerprint density at radius 2 is 2.00 bits per heavy atom. The summed E-state index contributed by atoms with van der Waals surface area (Å²) in [6, 6.07) is 7.76. The summed E-state index contributed by atoms with van der Waals surface area (Å²) in [5, 5.41) is 8.01. The lowest BCUT2D eigenvalue weighted by molar-refractivity contribution is -0.136. The highest BCUT2D eigenvalue weighted by Gasteiger charge is 2.11. The molecule has 1 unspecified atom stereocenters. The number of carbonyl (C=O) groups is 1. The van der Waals surface area contributed by atoms with Gasteiger partial charge in [-0.15, -0.1) is 0 Å². The molecule has 1 aromatic carbocycles. The van der Waals surface area contributed by atoms with E-state index in [0.717, 1.165) is 9.13 Å². The van der Waals surface area contributed by atoms with Crippen molar-refractivity contribution >= 4 is 41.2 Å². The summed E-state index contributed by atoms with van der Waals surface area (Å²) in [6.07, 6.45) is 0.468. The highest BCUT2D eigenvalue weighted by Crippen LogP contribution is 2.11. The summed E-state index contributed by atoms with van der Waals surface area (Å²) in [4.78, 5) is 10.5. The molecule has 0 radical (unpaired) electrons. The number of thiol groups is 1. The van der Waals surface area contributed by atoms with Gasteiger partial charge in [-0.05, 0) is 46.7 Å². The number of benzene rings is 1. The van der Waals surface area contributed by atoms with Gasteiger partial charge in [0.2, 0.25) is 0 Å². The highest BCUT2D eigenvalue weighted by atomic mass is 127. The van der Waals surface area contributed by atoms with Gasteiger partial charge in [-0.3, -0.25) is 4.79 Å². The molecule has 0 spiro atoms. The summed E-state index contributed by atoms with van der Waals surface area (Å²) in [5.41, 5.74) is 1.00. The number of hydrogen-bond acceptors (Lipinski definition) is 2. The van der Waals surface area contributed by atoms with E-state index in [1.54, 1.807) is 0 Å². The van der Waals surface area contributed by atoms with Gasteiger partial charge in [0.25, 0.3) is 0 Å². The maximum Gasteiger partial charge on any atom is 0.316 e. The third-order valence-electron chi connectivity index (χ3n) is 1.63. The van der Waals surface area contributed by atoms with Crippen LogP contribution in [0.5, 0.6) is 0 Å².